The van der Waals surface area contributed by atoms with Crippen molar-refractivity contribution in [3.05, 3.63) is 0 Å². The molecule has 20 heavy (non-hydrogen) atoms. The molecule has 0 aliphatic carbocycles. The number of rotatable bonds is 3. The minimum Gasteiger partial charge on any atom is -0.376 e. The van der Waals surface area contributed by atoms with E-state index in [1.807, 2.05) is 6.92 Å². The van der Waals surface area contributed by atoms with E-state index in [0.29, 0.717) is 12.8 Å². The Balaban J connectivity index is 1.64. The van der Waals surface area contributed by atoms with Crippen LogP contribution in [0.1, 0.15) is 37.2 Å². The van der Waals surface area contributed by atoms with Gasteiger partial charge in [0.2, 0.25) is 0 Å². The van der Waals surface area contributed by atoms with E-state index in [1.165, 1.54) is 0 Å². The molecule has 116 valence electrons. The molecule has 3 fully saturated rings. The number of hydrogen-bond donors (Lipinski definition) is 1. The highest BCUT2D eigenvalue weighted by Crippen LogP contribution is 2.50. The fourth-order valence-corrected chi connectivity index (χ4v) is 4.59. The van der Waals surface area contributed by atoms with Gasteiger partial charge in [0.1, 0.15) is 0 Å². The molecule has 3 saturated heterocycles. The molecule has 0 aromatic rings. The summed E-state index contributed by atoms with van der Waals surface area (Å²) in [4.78, 5) is 0. The maximum Gasteiger partial charge on any atom is 0.406 e. The minimum absolute atomic E-state index is 0.0488. The lowest BCUT2D eigenvalue weighted by molar-refractivity contribution is 0.0268. The van der Waals surface area contributed by atoms with E-state index < -0.39 is 33.1 Å². The lowest BCUT2D eigenvalue weighted by Gasteiger charge is -2.35. The second kappa shape index (κ2) is 6.03. The van der Waals surface area contributed by atoms with Crippen LogP contribution in [0, 0.1) is 5.92 Å². The van der Waals surface area contributed by atoms with Gasteiger partial charge in [-0.25, -0.2) is 9.65 Å². The van der Waals surface area contributed by atoms with Crippen molar-refractivity contribution in [2.24, 2.45) is 5.92 Å². The summed E-state index contributed by atoms with van der Waals surface area (Å²) >= 11 is 0. The normalized spacial score (nSPS) is 59.0. The zero-order valence-corrected chi connectivity index (χ0v) is 12.5. The average molecular weight is 310 g/mol. The Morgan fingerprint density at radius 1 is 1.40 bits per heavy atom. The molecule has 0 saturated carbocycles. The Labute approximate surface area is 124 Å². The Morgan fingerprint density at radius 3 is 3.00 bits per heavy atom. The summed E-state index contributed by atoms with van der Waals surface area (Å²) in [6.45, 7) is 0.957. The molecule has 1 N–H and O–H groups in total. The molecule has 3 aliphatic heterocycles. The van der Waals surface area contributed by atoms with Crippen molar-refractivity contribution in [3.63, 3.8) is 0 Å². The summed E-state index contributed by atoms with van der Waals surface area (Å²) in [6.07, 6.45) is 0.237. The van der Waals surface area contributed by atoms with Gasteiger partial charge in [-0.05, 0) is 25.7 Å². The van der Waals surface area contributed by atoms with Gasteiger partial charge in [-0.2, -0.15) is 0 Å². The molecule has 3 rings (SSSR count). The van der Waals surface area contributed by atoms with Crippen molar-refractivity contribution in [1.29, 1.82) is 0 Å². The number of hydrogen-bond acceptors (Lipinski definition) is 5. The monoisotopic (exact) mass is 310 g/mol. The summed E-state index contributed by atoms with van der Waals surface area (Å²) in [5.74, 6) is 0.204. The first kappa shape index (κ1) is 11.6. The first-order chi connectivity index (χ1) is 10.9. The van der Waals surface area contributed by atoms with Crippen LogP contribution in [0.15, 0.2) is 0 Å². The zero-order chi connectivity index (χ0) is 16.6. The Bertz CT molecular complexity index is 473. The highest BCUT2D eigenvalue weighted by molar-refractivity contribution is 7.51. The van der Waals surface area contributed by atoms with Gasteiger partial charge >= 0.3 is 7.75 Å². The molecule has 0 radical (unpaired) electrons. The quantitative estimate of drug-likeness (QED) is 0.805. The van der Waals surface area contributed by atoms with Gasteiger partial charge in [0.05, 0.1) is 27.7 Å². The predicted molar refractivity (Wildman–Crippen MR) is 73.5 cm³/mol. The highest BCUT2D eigenvalue weighted by Gasteiger charge is 2.43. The second-order valence-electron chi connectivity index (χ2n) is 5.56. The fraction of sp³-hybridized carbons (Fsp3) is 1.00. The van der Waals surface area contributed by atoms with Crippen LogP contribution in [0.5, 0.6) is 0 Å². The van der Waals surface area contributed by atoms with Gasteiger partial charge in [0, 0.05) is 27.0 Å². The summed E-state index contributed by atoms with van der Waals surface area (Å²) in [5.41, 5.74) is 0. The average Bonchev–Trinajstić information content (AvgIpc) is 3.00. The fourth-order valence-electron chi connectivity index (χ4n) is 2.78. The molecular formula is C13H24NO5P. The third kappa shape index (κ3) is 3.11. The number of ether oxygens (including phenoxy) is 2. The lowest BCUT2D eigenvalue weighted by Crippen LogP contribution is -2.45. The van der Waals surface area contributed by atoms with Gasteiger partial charge < -0.3 is 9.47 Å². The molecule has 0 bridgehead atoms. The Morgan fingerprint density at radius 2 is 2.25 bits per heavy atom. The van der Waals surface area contributed by atoms with Gasteiger partial charge in [0.15, 0.2) is 0 Å². The van der Waals surface area contributed by atoms with Gasteiger partial charge in [-0.15, -0.1) is 0 Å². The van der Waals surface area contributed by atoms with E-state index in [9.17, 15) is 4.57 Å². The first-order valence-corrected chi connectivity index (χ1v) is 8.60. The molecular weight excluding hydrogens is 281 g/mol. The standard InChI is InChI=1S/C13H24NO5P/c1-9-3-6-17-13(9)11-4-8-18-20(15,14-11)19-12-5-7-16-10(12)2/h9-13H,3-8H2,1-2H3,(H,14,15)/t9-,10+,11+,12-,13-,20-/m0/s1/i2D,6T,7T/t6-,7-,9-,10+,11+,12-,13-,20-. The molecule has 0 amide bonds. The summed E-state index contributed by atoms with van der Waals surface area (Å²) in [5, 5.41) is 2.93. The second-order valence-corrected chi connectivity index (χ2v) is 7.28. The van der Waals surface area contributed by atoms with Crippen molar-refractivity contribution >= 4 is 7.75 Å². The van der Waals surface area contributed by atoms with Crippen LogP contribution in [-0.2, 0) is 23.1 Å². The van der Waals surface area contributed by atoms with Crippen LogP contribution in [0.3, 0.4) is 0 Å². The van der Waals surface area contributed by atoms with Crippen LogP contribution in [-0.4, -0.2) is 44.1 Å². The van der Waals surface area contributed by atoms with Gasteiger partial charge in [-0.1, -0.05) is 6.92 Å². The molecule has 0 unspecified atom stereocenters. The van der Waals surface area contributed by atoms with E-state index in [1.54, 1.807) is 0 Å². The van der Waals surface area contributed by atoms with Crippen LogP contribution >= 0.6 is 7.75 Å². The Kier molecular flexibility index (Phi) is 3.49. The summed E-state index contributed by atoms with van der Waals surface area (Å²) in [7, 11) is -3.53. The third-order valence-electron chi connectivity index (χ3n) is 3.98. The largest absolute Gasteiger partial charge is 0.406 e. The predicted octanol–water partition coefficient (Wildman–Crippen LogP) is 2.09. The van der Waals surface area contributed by atoms with Crippen LogP contribution in [0.4, 0.5) is 0 Å². The maximum atomic E-state index is 12.9. The van der Waals surface area contributed by atoms with Gasteiger partial charge in [-0.3, -0.25) is 9.05 Å². The number of nitrogens with one attached hydrogen (secondary N) is 1. The molecule has 6 nitrogen and oxygen atoms in total. The first-order valence-electron chi connectivity index (χ1n) is 8.92. The maximum absolute atomic E-state index is 12.9. The van der Waals surface area contributed by atoms with Crippen molar-refractivity contribution in [2.75, 3.05) is 19.8 Å². The van der Waals surface area contributed by atoms with E-state index >= 15 is 0 Å². The van der Waals surface area contributed by atoms with Crippen molar-refractivity contribution in [2.45, 2.75) is 57.4 Å². The summed E-state index contributed by atoms with van der Waals surface area (Å²) in [6, 6.07) is -0.191. The zero-order valence-electron chi connectivity index (χ0n) is 14.6. The lowest BCUT2D eigenvalue weighted by atomic mass is 9.96. The van der Waals surface area contributed by atoms with E-state index in [-0.39, 0.29) is 38.0 Å². The molecule has 7 heteroatoms. The highest BCUT2D eigenvalue weighted by atomic mass is 31.2. The third-order valence-corrected chi connectivity index (χ3v) is 5.70. The molecule has 0 spiro atoms. The molecule has 8 atom stereocenters. The van der Waals surface area contributed by atoms with E-state index in [4.69, 9.17) is 22.6 Å². The van der Waals surface area contributed by atoms with Crippen LogP contribution < -0.4 is 5.09 Å². The molecule has 3 heterocycles. The van der Waals surface area contributed by atoms with Crippen molar-refractivity contribution in [1.82, 2.24) is 5.09 Å². The molecule has 3 aliphatic rings. The topological polar surface area (TPSA) is 66.0 Å². The summed E-state index contributed by atoms with van der Waals surface area (Å²) < 4.78 is 57.5. The smallest absolute Gasteiger partial charge is 0.376 e. The van der Waals surface area contributed by atoms with Gasteiger partial charge in [0.25, 0.3) is 0 Å². The molecule has 0 aromatic heterocycles. The Hall–Kier alpha value is 0.0300. The minimum atomic E-state index is -3.53. The molecule has 0 aromatic carbocycles. The van der Waals surface area contributed by atoms with E-state index in [0.717, 1.165) is 0 Å². The van der Waals surface area contributed by atoms with E-state index in [2.05, 4.69) is 5.09 Å². The van der Waals surface area contributed by atoms with Crippen LogP contribution in [0.2, 0.25) is 0 Å². The van der Waals surface area contributed by atoms with Crippen molar-refractivity contribution < 1.29 is 27.2 Å². The van der Waals surface area contributed by atoms with Crippen molar-refractivity contribution in [3.8, 4) is 0 Å². The van der Waals surface area contributed by atoms with Crippen LogP contribution in [0.25, 0.3) is 0 Å². The SMILES string of the molecule is [2H]C[C@H]1O[C@@H]([3H])C[C@@H]1O[P@]1(=O)N[C@@H]([C@H]2O[C@@H]([3H])C[C@@H]2C)CCO1.